The van der Waals surface area contributed by atoms with Crippen LogP contribution in [-0.4, -0.2) is 24.4 Å². The Balaban J connectivity index is 2.72. The maximum Gasteiger partial charge on any atom is 0.403 e. The van der Waals surface area contributed by atoms with Crippen LogP contribution in [0, 0.1) is 0 Å². The van der Waals surface area contributed by atoms with Gasteiger partial charge in [-0.05, 0) is 17.7 Å². The van der Waals surface area contributed by atoms with Crippen LogP contribution < -0.4 is 10.5 Å². The van der Waals surface area contributed by atoms with Crippen molar-refractivity contribution in [2.75, 3.05) is 7.11 Å². The molecule has 0 amide bonds. The Morgan fingerprint density at radius 2 is 2.06 bits per heavy atom. The molecule has 0 aromatic heterocycles. The minimum Gasteiger partial charge on any atom is -0.497 e. The smallest absolute Gasteiger partial charge is 0.403 e. The number of hydrogen-bond acceptors (Lipinski definition) is 3. The van der Waals surface area contributed by atoms with Crippen LogP contribution in [0.5, 0.6) is 5.75 Å². The fraction of sp³-hybridized carbons (Fsp3) is 0.455. The normalized spacial score (nSPS) is 15.4. The molecule has 0 heterocycles. The van der Waals surface area contributed by atoms with Crippen LogP contribution in [0.25, 0.3) is 0 Å². The van der Waals surface area contributed by atoms with Crippen molar-refractivity contribution in [2.45, 2.75) is 24.7 Å². The zero-order valence-corrected chi connectivity index (χ0v) is 9.24. The number of halogens is 3. The number of methoxy groups -OCH3 is 1. The van der Waals surface area contributed by atoms with Gasteiger partial charge in [0.2, 0.25) is 0 Å². The molecule has 3 N–H and O–H groups in total. The monoisotopic (exact) mass is 249 g/mol. The van der Waals surface area contributed by atoms with Gasteiger partial charge in [-0.2, -0.15) is 13.2 Å². The Kier molecular flexibility index (Phi) is 4.36. The highest BCUT2D eigenvalue weighted by Crippen LogP contribution is 2.28. The highest BCUT2D eigenvalue weighted by Gasteiger charge is 2.37. The molecule has 0 aliphatic heterocycles. The van der Waals surface area contributed by atoms with Gasteiger partial charge in [0, 0.05) is 6.42 Å². The summed E-state index contributed by atoms with van der Waals surface area (Å²) in [6, 6.07) is 4.20. The average molecular weight is 249 g/mol. The van der Waals surface area contributed by atoms with Gasteiger partial charge in [0.05, 0.1) is 13.2 Å². The third-order valence-electron chi connectivity index (χ3n) is 2.38. The number of nitrogens with two attached hydrogens (primary N) is 1. The van der Waals surface area contributed by atoms with Crippen molar-refractivity contribution in [3.63, 3.8) is 0 Å². The molecule has 0 saturated carbocycles. The first kappa shape index (κ1) is 13.8. The van der Waals surface area contributed by atoms with E-state index in [-0.39, 0.29) is 0 Å². The lowest BCUT2D eigenvalue weighted by Gasteiger charge is -2.19. The number of hydrogen-bond donors (Lipinski definition) is 2. The Bertz CT molecular complexity index is 368. The molecule has 0 aliphatic rings. The van der Waals surface area contributed by atoms with Crippen molar-refractivity contribution in [1.82, 2.24) is 0 Å². The lowest BCUT2D eigenvalue weighted by Crippen LogP contribution is -2.38. The van der Waals surface area contributed by atoms with Gasteiger partial charge in [-0.25, -0.2) is 0 Å². The number of rotatable bonds is 4. The first-order valence-electron chi connectivity index (χ1n) is 4.99. The van der Waals surface area contributed by atoms with E-state index in [4.69, 9.17) is 10.5 Å². The first-order valence-corrected chi connectivity index (χ1v) is 4.99. The molecule has 1 aromatic carbocycles. The lowest BCUT2D eigenvalue weighted by molar-refractivity contribution is -0.153. The Labute approximate surface area is 97.0 Å². The number of alkyl halides is 3. The topological polar surface area (TPSA) is 55.5 Å². The fourth-order valence-corrected chi connectivity index (χ4v) is 1.36. The predicted molar refractivity (Wildman–Crippen MR) is 56.6 cm³/mol. The molecule has 17 heavy (non-hydrogen) atoms. The second-order valence-corrected chi connectivity index (χ2v) is 3.68. The van der Waals surface area contributed by atoms with Crippen LogP contribution >= 0.6 is 0 Å². The first-order chi connectivity index (χ1) is 7.84. The van der Waals surface area contributed by atoms with Crippen LogP contribution in [0.3, 0.4) is 0 Å². The number of aliphatic hydroxyl groups is 1. The average Bonchev–Trinajstić information content (AvgIpc) is 2.27. The maximum absolute atomic E-state index is 12.2. The molecular formula is C11H14F3NO2. The molecule has 0 radical (unpaired) electrons. The van der Waals surface area contributed by atoms with Crippen LogP contribution in [0.15, 0.2) is 24.3 Å². The summed E-state index contributed by atoms with van der Waals surface area (Å²) >= 11 is 0. The molecular weight excluding hydrogens is 235 g/mol. The third-order valence-corrected chi connectivity index (χ3v) is 2.38. The standard InChI is InChI=1S/C11H14F3NO2/c1-17-8-4-2-3-7(5-8)9(16)6-10(15)11(12,13)14/h2-5,9-10,16H,6,15H2,1H3/t9-,10-/m1/s1. The van der Waals surface area contributed by atoms with Crippen molar-refractivity contribution in [3.8, 4) is 5.75 Å². The van der Waals surface area contributed by atoms with Gasteiger partial charge in [0.1, 0.15) is 11.8 Å². The van der Waals surface area contributed by atoms with Crippen molar-refractivity contribution in [1.29, 1.82) is 0 Å². The molecule has 0 bridgehead atoms. The van der Waals surface area contributed by atoms with Crippen molar-refractivity contribution < 1.29 is 23.0 Å². The van der Waals surface area contributed by atoms with Gasteiger partial charge in [0.25, 0.3) is 0 Å². The highest BCUT2D eigenvalue weighted by atomic mass is 19.4. The number of ether oxygens (including phenoxy) is 1. The largest absolute Gasteiger partial charge is 0.497 e. The molecule has 6 heteroatoms. The van der Waals surface area contributed by atoms with Gasteiger partial charge in [-0.1, -0.05) is 12.1 Å². The van der Waals surface area contributed by atoms with Crippen molar-refractivity contribution in [3.05, 3.63) is 29.8 Å². The molecule has 1 aromatic rings. The lowest BCUT2D eigenvalue weighted by atomic mass is 10.0. The van der Waals surface area contributed by atoms with Gasteiger partial charge < -0.3 is 15.6 Å². The van der Waals surface area contributed by atoms with Crippen LogP contribution in [0.2, 0.25) is 0 Å². The summed E-state index contributed by atoms with van der Waals surface area (Å²) in [5.74, 6) is 0.474. The summed E-state index contributed by atoms with van der Waals surface area (Å²) in [4.78, 5) is 0. The van der Waals surface area contributed by atoms with Gasteiger partial charge in [0.15, 0.2) is 0 Å². The second kappa shape index (κ2) is 5.37. The van der Waals surface area contributed by atoms with E-state index in [2.05, 4.69) is 0 Å². The predicted octanol–water partition coefficient (Wildman–Crippen LogP) is 2.01. The summed E-state index contributed by atoms with van der Waals surface area (Å²) in [5.41, 5.74) is 5.29. The molecule has 0 unspecified atom stereocenters. The zero-order chi connectivity index (χ0) is 13.1. The van der Waals surface area contributed by atoms with Crippen LogP contribution in [-0.2, 0) is 0 Å². The minimum atomic E-state index is -4.50. The molecule has 0 saturated heterocycles. The fourth-order valence-electron chi connectivity index (χ4n) is 1.36. The molecule has 96 valence electrons. The molecule has 0 aliphatic carbocycles. The van der Waals surface area contributed by atoms with E-state index in [1.54, 1.807) is 12.1 Å². The molecule has 1 rings (SSSR count). The molecule has 3 nitrogen and oxygen atoms in total. The Morgan fingerprint density at radius 3 is 2.59 bits per heavy atom. The minimum absolute atomic E-state index is 0.351. The summed E-state index contributed by atoms with van der Waals surface area (Å²) in [6.45, 7) is 0. The number of benzene rings is 1. The van der Waals surface area contributed by atoms with E-state index in [0.717, 1.165) is 0 Å². The Morgan fingerprint density at radius 1 is 1.41 bits per heavy atom. The second-order valence-electron chi connectivity index (χ2n) is 3.68. The van der Waals surface area contributed by atoms with Crippen LogP contribution in [0.4, 0.5) is 13.2 Å². The molecule has 0 fully saturated rings. The zero-order valence-electron chi connectivity index (χ0n) is 9.24. The van der Waals surface area contributed by atoms with E-state index in [0.29, 0.717) is 11.3 Å². The van der Waals surface area contributed by atoms with Crippen LogP contribution in [0.1, 0.15) is 18.1 Å². The van der Waals surface area contributed by atoms with E-state index >= 15 is 0 Å². The van der Waals surface area contributed by atoms with E-state index in [1.807, 2.05) is 0 Å². The quantitative estimate of drug-likeness (QED) is 0.858. The Hall–Kier alpha value is -1.27. The summed E-state index contributed by atoms with van der Waals surface area (Å²) < 4.78 is 41.5. The van der Waals surface area contributed by atoms with Gasteiger partial charge in [-0.3, -0.25) is 0 Å². The van der Waals surface area contributed by atoms with Gasteiger partial charge in [-0.15, -0.1) is 0 Å². The van der Waals surface area contributed by atoms with Crippen molar-refractivity contribution >= 4 is 0 Å². The van der Waals surface area contributed by atoms with Gasteiger partial charge >= 0.3 is 6.18 Å². The summed E-state index contributed by atoms with van der Waals surface area (Å²) in [6.07, 6.45) is -6.34. The maximum atomic E-state index is 12.2. The van der Waals surface area contributed by atoms with E-state index in [9.17, 15) is 18.3 Å². The highest BCUT2D eigenvalue weighted by molar-refractivity contribution is 5.29. The summed E-state index contributed by atoms with van der Waals surface area (Å²) in [7, 11) is 1.44. The van der Waals surface area contributed by atoms with E-state index < -0.39 is 24.7 Å². The molecule has 0 spiro atoms. The number of aliphatic hydroxyl groups excluding tert-OH is 1. The summed E-state index contributed by atoms with van der Waals surface area (Å²) in [5, 5.41) is 9.64. The van der Waals surface area contributed by atoms with Crippen molar-refractivity contribution in [2.24, 2.45) is 5.73 Å². The SMILES string of the molecule is COc1cccc([C@H](O)C[C@@H](N)C(F)(F)F)c1. The third kappa shape index (κ3) is 3.90. The molecule has 2 atom stereocenters. The van der Waals surface area contributed by atoms with E-state index in [1.165, 1.54) is 19.2 Å².